The van der Waals surface area contributed by atoms with Crippen LogP contribution in [0.5, 0.6) is 0 Å². The van der Waals surface area contributed by atoms with Crippen LogP contribution in [0.2, 0.25) is 0 Å². The Hall–Kier alpha value is 0.550. The second-order valence-corrected chi connectivity index (χ2v) is 15.6. The first-order valence-corrected chi connectivity index (χ1v) is 15.7. The molecule has 6 rings (SSSR count). The number of fused-ring (bicyclic) bond motifs is 5. The normalized spacial score (nSPS) is 44.5. The Morgan fingerprint density at radius 3 is 2.28 bits per heavy atom. The molecule has 3 saturated carbocycles. The fraction of sp³-hybridized carbons (Fsp3) is 0.906. The molecule has 0 aromatic rings. The summed E-state index contributed by atoms with van der Waals surface area (Å²) in [5, 5.41) is 0. The van der Waals surface area contributed by atoms with E-state index in [9.17, 15) is 4.79 Å². The van der Waals surface area contributed by atoms with E-state index in [1.165, 1.54) is 88.4 Å². The van der Waals surface area contributed by atoms with Crippen LogP contribution in [0.15, 0.2) is 11.6 Å². The van der Waals surface area contributed by atoms with Gasteiger partial charge < -0.3 is 61.7 Å². The Morgan fingerprint density at radius 1 is 0.974 bits per heavy atom. The SMILES string of the molecule is CC(=O)O[C@H]1[C@@H](N2CC[N+](C)(C)CC2)C[C@H]2[C@@H]3CC=C4C[C@@H]([N+]5(C)CCCC5)CC[C@]4(C)[C@H]3CC[C@@]21C.[I-].[I-]. The maximum atomic E-state index is 12.4. The molecule has 5 fully saturated rings. The highest BCUT2D eigenvalue weighted by atomic mass is 127. The minimum Gasteiger partial charge on any atom is -1.00 e. The number of nitrogens with zero attached hydrogens (tertiary/aromatic N) is 3. The van der Waals surface area contributed by atoms with Gasteiger partial charge in [-0.15, -0.1) is 0 Å². The summed E-state index contributed by atoms with van der Waals surface area (Å²) < 4.78 is 8.73. The molecule has 5 nitrogen and oxygen atoms in total. The number of piperazine rings is 1. The lowest BCUT2D eigenvalue weighted by atomic mass is 9.47. The van der Waals surface area contributed by atoms with Crippen LogP contribution in [0.3, 0.4) is 0 Å². The number of ether oxygens (including phenoxy) is 1. The van der Waals surface area contributed by atoms with Gasteiger partial charge in [-0.1, -0.05) is 25.5 Å². The average molecular weight is 768 g/mol. The number of likely N-dealkylation sites (tertiary alicyclic amines) is 1. The minimum absolute atomic E-state index is 0. The van der Waals surface area contributed by atoms with Gasteiger partial charge in [0.05, 0.1) is 53.4 Å². The van der Waals surface area contributed by atoms with Crippen LogP contribution in [0.4, 0.5) is 0 Å². The van der Waals surface area contributed by atoms with Crippen LogP contribution in [0.25, 0.3) is 0 Å². The van der Waals surface area contributed by atoms with Gasteiger partial charge in [-0.3, -0.25) is 9.69 Å². The van der Waals surface area contributed by atoms with E-state index in [-0.39, 0.29) is 65.4 Å². The molecular formula is C32H55I2N3O2. The summed E-state index contributed by atoms with van der Waals surface area (Å²) in [7, 11) is 7.26. The number of likely N-dealkylation sites (N-methyl/N-ethyl adjacent to an activating group) is 1. The largest absolute Gasteiger partial charge is 1.00 e. The number of esters is 1. The molecule has 2 aliphatic heterocycles. The zero-order valence-electron chi connectivity index (χ0n) is 25.6. The third kappa shape index (κ3) is 5.52. The monoisotopic (exact) mass is 767 g/mol. The first kappa shape index (κ1) is 32.5. The number of hydrogen-bond acceptors (Lipinski definition) is 3. The lowest BCUT2D eigenvalue weighted by Gasteiger charge is -2.58. The quantitative estimate of drug-likeness (QED) is 0.158. The number of quaternary nitrogens is 2. The fourth-order valence-corrected chi connectivity index (χ4v) is 10.7. The Kier molecular flexibility index (Phi) is 9.63. The fourth-order valence-electron chi connectivity index (χ4n) is 10.7. The van der Waals surface area contributed by atoms with Crippen molar-refractivity contribution in [1.29, 1.82) is 0 Å². The van der Waals surface area contributed by atoms with Crippen molar-refractivity contribution in [2.24, 2.45) is 28.6 Å². The molecule has 224 valence electrons. The zero-order chi connectivity index (χ0) is 26.2. The van der Waals surface area contributed by atoms with Crippen molar-refractivity contribution in [3.63, 3.8) is 0 Å². The first-order valence-electron chi connectivity index (χ1n) is 15.7. The Morgan fingerprint density at radius 2 is 1.64 bits per heavy atom. The Balaban J connectivity index is 0.00000176. The van der Waals surface area contributed by atoms with Gasteiger partial charge in [-0.25, -0.2) is 0 Å². The number of carbonyl (C=O) groups is 1. The smallest absolute Gasteiger partial charge is 0.302 e. The van der Waals surface area contributed by atoms with E-state index in [4.69, 9.17) is 4.74 Å². The Labute approximate surface area is 273 Å². The van der Waals surface area contributed by atoms with Gasteiger partial charge in [0.1, 0.15) is 6.10 Å². The highest BCUT2D eigenvalue weighted by Gasteiger charge is 2.63. The van der Waals surface area contributed by atoms with E-state index in [2.05, 4.69) is 46.0 Å². The number of rotatable bonds is 3. The molecule has 0 aromatic carbocycles. The van der Waals surface area contributed by atoms with E-state index in [1.54, 1.807) is 6.92 Å². The lowest BCUT2D eigenvalue weighted by molar-refractivity contribution is -0.923. The maximum Gasteiger partial charge on any atom is 0.302 e. The van der Waals surface area contributed by atoms with Crippen LogP contribution in [0.1, 0.15) is 78.6 Å². The van der Waals surface area contributed by atoms with Gasteiger partial charge in [-0.2, -0.15) is 0 Å². The summed E-state index contributed by atoms with van der Waals surface area (Å²) in [6.45, 7) is 14.2. The van der Waals surface area contributed by atoms with Crippen molar-refractivity contribution in [2.45, 2.75) is 96.7 Å². The van der Waals surface area contributed by atoms with Crippen molar-refractivity contribution in [2.75, 3.05) is 60.4 Å². The summed E-state index contributed by atoms with van der Waals surface area (Å²) in [4.78, 5) is 15.1. The second kappa shape index (κ2) is 11.6. The molecule has 0 unspecified atom stereocenters. The summed E-state index contributed by atoms with van der Waals surface area (Å²) in [5.74, 6) is 2.15. The number of allylic oxidation sites excluding steroid dienone is 1. The molecule has 0 radical (unpaired) electrons. The van der Waals surface area contributed by atoms with Gasteiger partial charge >= 0.3 is 5.97 Å². The van der Waals surface area contributed by atoms with E-state index in [0.717, 1.165) is 35.5 Å². The molecule has 7 heteroatoms. The predicted octanol–water partition coefficient (Wildman–Crippen LogP) is -1.13. The topological polar surface area (TPSA) is 29.5 Å². The summed E-state index contributed by atoms with van der Waals surface area (Å²) in [5.41, 5.74) is 2.33. The molecular weight excluding hydrogens is 712 g/mol. The second-order valence-electron chi connectivity index (χ2n) is 15.6. The summed E-state index contributed by atoms with van der Waals surface area (Å²) >= 11 is 0. The minimum atomic E-state index is -0.0817. The molecule has 4 aliphatic carbocycles. The maximum absolute atomic E-state index is 12.4. The predicted molar refractivity (Wildman–Crippen MR) is 149 cm³/mol. The van der Waals surface area contributed by atoms with Gasteiger partial charge in [0.2, 0.25) is 0 Å². The van der Waals surface area contributed by atoms with Gasteiger partial charge in [0.15, 0.2) is 0 Å². The van der Waals surface area contributed by atoms with Crippen LogP contribution >= 0.6 is 0 Å². The van der Waals surface area contributed by atoms with E-state index < -0.39 is 0 Å². The molecule has 2 saturated heterocycles. The van der Waals surface area contributed by atoms with Gasteiger partial charge in [-0.05, 0) is 55.3 Å². The van der Waals surface area contributed by atoms with Crippen LogP contribution in [0, 0.1) is 28.6 Å². The highest BCUT2D eigenvalue weighted by molar-refractivity contribution is 5.66. The molecule has 39 heavy (non-hydrogen) atoms. The first-order chi connectivity index (χ1) is 17.5. The molecule has 0 aromatic heterocycles. The summed E-state index contributed by atoms with van der Waals surface area (Å²) in [6.07, 6.45) is 14.8. The van der Waals surface area contributed by atoms with Gasteiger partial charge in [0.25, 0.3) is 0 Å². The van der Waals surface area contributed by atoms with Crippen molar-refractivity contribution in [1.82, 2.24) is 4.90 Å². The van der Waals surface area contributed by atoms with Crippen LogP contribution in [-0.2, 0) is 9.53 Å². The standard InChI is InChI=1S/C32H55N3O2.2HI/c1-23(36)37-30-29(33-15-19-34(4,5)20-16-33)22-28-26-10-9-24-21-25(35(6)17-7-8-18-35)11-13-31(24,2)27(26)12-14-32(28,30)3;;/h9,25-30H,7-8,10-22H2,1-6H3;2*1H/q+2;;/p-2/t25-,26+,27-,28-,29-,30-,31-,32-;;/m0../s1. The van der Waals surface area contributed by atoms with Crippen molar-refractivity contribution < 1.29 is 66.5 Å². The third-order valence-corrected chi connectivity index (χ3v) is 13.2. The molecule has 6 aliphatic rings. The van der Waals surface area contributed by atoms with E-state index in [0.29, 0.717) is 17.4 Å². The molecule has 0 amide bonds. The average Bonchev–Trinajstić information content (AvgIpc) is 3.40. The van der Waals surface area contributed by atoms with E-state index in [1.807, 2.05) is 5.57 Å². The van der Waals surface area contributed by atoms with Crippen LogP contribution in [-0.4, -0.2) is 98.4 Å². The van der Waals surface area contributed by atoms with Crippen molar-refractivity contribution in [3.8, 4) is 0 Å². The van der Waals surface area contributed by atoms with E-state index >= 15 is 0 Å². The molecule has 8 atom stereocenters. The Bertz CT molecular complexity index is 940. The third-order valence-electron chi connectivity index (χ3n) is 13.2. The molecule has 0 N–H and O–H groups in total. The molecule has 2 heterocycles. The van der Waals surface area contributed by atoms with Crippen molar-refractivity contribution in [3.05, 3.63) is 11.6 Å². The van der Waals surface area contributed by atoms with Gasteiger partial charge in [0, 0.05) is 57.2 Å². The molecule has 0 spiro atoms. The van der Waals surface area contributed by atoms with Crippen molar-refractivity contribution >= 4 is 5.97 Å². The number of hydrogen-bond donors (Lipinski definition) is 0. The zero-order valence-corrected chi connectivity index (χ0v) is 29.9. The highest BCUT2D eigenvalue weighted by Crippen LogP contribution is 2.66. The van der Waals surface area contributed by atoms with Crippen LogP contribution < -0.4 is 48.0 Å². The molecule has 0 bridgehead atoms. The number of halogens is 2. The summed E-state index contributed by atoms with van der Waals surface area (Å²) in [6, 6.07) is 1.24. The number of carbonyl (C=O) groups excluding carboxylic acids is 1. The lowest BCUT2D eigenvalue weighted by Crippen LogP contribution is -3.00.